The molecule has 1 saturated heterocycles. The fraction of sp³-hybridized carbons (Fsp3) is 0.600. The number of rotatable bonds is 5. The van der Waals surface area contributed by atoms with Crippen molar-refractivity contribution < 1.29 is 9.47 Å². The maximum atomic E-state index is 5.89. The molecule has 1 aromatic rings. The van der Waals surface area contributed by atoms with Crippen molar-refractivity contribution in [3.05, 3.63) is 29.8 Å². The van der Waals surface area contributed by atoms with E-state index in [1.54, 1.807) is 0 Å². The van der Waals surface area contributed by atoms with Gasteiger partial charge >= 0.3 is 0 Å². The fourth-order valence-corrected chi connectivity index (χ4v) is 2.75. The highest BCUT2D eigenvalue weighted by Crippen LogP contribution is 2.27. The van der Waals surface area contributed by atoms with Crippen LogP contribution in [0, 0.1) is 5.92 Å². The molecule has 3 nitrogen and oxygen atoms in total. The van der Waals surface area contributed by atoms with Crippen LogP contribution in [0.15, 0.2) is 24.3 Å². The quantitative estimate of drug-likeness (QED) is 0.807. The van der Waals surface area contributed by atoms with E-state index in [1.807, 2.05) is 6.07 Å². The fourth-order valence-electron chi connectivity index (χ4n) is 2.75. The number of ether oxygens (including phenoxy) is 2. The summed E-state index contributed by atoms with van der Waals surface area (Å²) >= 11 is 0. The standard InChI is InChI=1S/C15H21NO2/c1-2-4-15-13(3-1)9-14(18-15)10-16-7-5-12-6-8-17-11-12/h1-4,12,14,16H,5-11H2. The molecule has 0 aromatic heterocycles. The van der Waals surface area contributed by atoms with Crippen LogP contribution < -0.4 is 10.1 Å². The van der Waals surface area contributed by atoms with Gasteiger partial charge < -0.3 is 14.8 Å². The Morgan fingerprint density at radius 1 is 1.28 bits per heavy atom. The molecule has 1 N–H and O–H groups in total. The predicted molar refractivity (Wildman–Crippen MR) is 71.0 cm³/mol. The molecule has 0 aliphatic carbocycles. The minimum absolute atomic E-state index is 0.308. The zero-order valence-electron chi connectivity index (χ0n) is 10.7. The van der Waals surface area contributed by atoms with Gasteiger partial charge in [-0.1, -0.05) is 18.2 Å². The highest BCUT2D eigenvalue weighted by Gasteiger charge is 2.22. The van der Waals surface area contributed by atoms with Gasteiger partial charge in [0.2, 0.25) is 0 Å². The molecule has 3 heteroatoms. The first-order valence-electron chi connectivity index (χ1n) is 6.95. The molecule has 0 amide bonds. The number of benzene rings is 1. The van der Waals surface area contributed by atoms with E-state index >= 15 is 0 Å². The minimum atomic E-state index is 0.308. The lowest BCUT2D eigenvalue weighted by Gasteiger charge is -2.13. The van der Waals surface area contributed by atoms with Gasteiger partial charge in [0, 0.05) is 26.2 Å². The Bertz CT molecular complexity index is 363. The normalized spacial score (nSPS) is 26.0. The van der Waals surface area contributed by atoms with E-state index in [0.29, 0.717) is 6.10 Å². The molecule has 0 spiro atoms. The highest BCUT2D eigenvalue weighted by atomic mass is 16.5. The maximum absolute atomic E-state index is 5.89. The van der Waals surface area contributed by atoms with Crippen molar-refractivity contribution in [3.8, 4) is 5.75 Å². The van der Waals surface area contributed by atoms with E-state index in [-0.39, 0.29) is 0 Å². The molecule has 1 fully saturated rings. The number of nitrogens with one attached hydrogen (secondary N) is 1. The van der Waals surface area contributed by atoms with Gasteiger partial charge in [0.1, 0.15) is 11.9 Å². The van der Waals surface area contributed by atoms with E-state index in [2.05, 4.69) is 23.5 Å². The van der Waals surface area contributed by atoms with Crippen molar-refractivity contribution in [1.29, 1.82) is 0 Å². The Kier molecular flexibility index (Phi) is 3.81. The average Bonchev–Trinajstić information content (AvgIpc) is 3.03. The van der Waals surface area contributed by atoms with Gasteiger partial charge in [-0.2, -0.15) is 0 Å². The lowest BCUT2D eigenvalue weighted by molar-refractivity contribution is 0.183. The largest absolute Gasteiger partial charge is 0.488 e. The Morgan fingerprint density at radius 3 is 3.06 bits per heavy atom. The Hall–Kier alpha value is -1.06. The second-order valence-corrected chi connectivity index (χ2v) is 5.27. The third kappa shape index (κ3) is 2.85. The molecule has 3 rings (SSSR count). The van der Waals surface area contributed by atoms with Crippen molar-refractivity contribution in [2.24, 2.45) is 5.92 Å². The first-order chi connectivity index (χ1) is 8.92. The van der Waals surface area contributed by atoms with Gasteiger partial charge in [0.05, 0.1) is 0 Å². The highest BCUT2D eigenvalue weighted by molar-refractivity contribution is 5.37. The van der Waals surface area contributed by atoms with Crippen LogP contribution in [0.25, 0.3) is 0 Å². The summed E-state index contributed by atoms with van der Waals surface area (Å²) in [6.45, 7) is 3.92. The Labute approximate surface area is 108 Å². The number of hydrogen-bond acceptors (Lipinski definition) is 3. The lowest BCUT2D eigenvalue weighted by atomic mass is 10.1. The molecular formula is C15H21NO2. The van der Waals surface area contributed by atoms with E-state index in [0.717, 1.165) is 44.4 Å². The predicted octanol–water partition coefficient (Wildman–Crippen LogP) is 2.01. The zero-order chi connectivity index (χ0) is 12.2. The zero-order valence-corrected chi connectivity index (χ0v) is 10.7. The first kappa shape index (κ1) is 12.0. The van der Waals surface area contributed by atoms with Crippen molar-refractivity contribution in [2.75, 3.05) is 26.3 Å². The molecule has 18 heavy (non-hydrogen) atoms. The number of fused-ring (bicyclic) bond motifs is 1. The van der Waals surface area contributed by atoms with Crippen LogP contribution in [0.4, 0.5) is 0 Å². The number of para-hydroxylation sites is 1. The van der Waals surface area contributed by atoms with Crippen LogP contribution >= 0.6 is 0 Å². The third-order valence-electron chi connectivity index (χ3n) is 3.84. The van der Waals surface area contributed by atoms with Crippen molar-refractivity contribution in [3.63, 3.8) is 0 Å². The first-order valence-corrected chi connectivity index (χ1v) is 6.95. The molecule has 2 atom stereocenters. The summed E-state index contributed by atoms with van der Waals surface area (Å²) in [6.07, 6.45) is 3.80. The smallest absolute Gasteiger partial charge is 0.123 e. The summed E-state index contributed by atoms with van der Waals surface area (Å²) in [6, 6.07) is 8.34. The van der Waals surface area contributed by atoms with Crippen LogP contribution in [-0.4, -0.2) is 32.4 Å². The van der Waals surface area contributed by atoms with Gasteiger partial charge in [0.25, 0.3) is 0 Å². The van der Waals surface area contributed by atoms with Gasteiger partial charge in [-0.3, -0.25) is 0 Å². The average molecular weight is 247 g/mol. The summed E-state index contributed by atoms with van der Waals surface area (Å²) < 4.78 is 11.3. The SMILES string of the molecule is c1ccc2c(c1)CC(CNCCC1CCOC1)O2. The van der Waals surface area contributed by atoms with E-state index in [4.69, 9.17) is 9.47 Å². The van der Waals surface area contributed by atoms with Crippen LogP contribution in [0.5, 0.6) is 5.75 Å². The summed E-state index contributed by atoms with van der Waals surface area (Å²) in [5.41, 5.74) is 1.34. The molecule has 2 heterocycles. The van der Waals surface area contributed by atoms with Crippen molar-refractivity contribution >= 4 is 0 Å². The minimum Gasteiger partial charge on any atom is -0.488 e. The Morgan fingerprint density at radius 2 is 2.22 bits per heavy atom. The Balaban J connectivity index is 1.35. The molecule has 0 radical (unpaired) electrons. The van der Waals surface area contributed by atoms with Crippen LogP contribution in [0.3, 0.4) is 0 Å². The lowest BCUT2D eigenvalue weighted by Crippen LogP contribution is -2.31. The third-order valence-corrected chi connectivity index (χ3v) is 3.84. The molecule has 0 saturated carbocycles. The molecule has 2 aliphatic heterocycles. The van der Waals surface area contributed by atoms with Gasteiger partial charge in [-0.15, -0.1) is 0 Å². The van der Waals surface area contributed by atoms with Gasteiger partial charge in [-0.05, 0) is 36.9 Å². The summed E-state index contributed by atoms with van der Waals surface area (Å²) in [5.74, 6) is 1.83. The summed E-state index contributed by atoms with van der Waals surface area (Å²) in [5, 5.41) is 3.51. The van der Waals surface area contributed by atoms with Crippen molar-refractivity contribution in [2.45, 2.75) is 25.4 Å². The van der Waals surface area contributed by atoms with Crippen molar-refractivity contribution in [1.82, 2.24) is 5.32 Å². The van der Waals surface area contributed by atoms with Crippen LogP contribution in [0.2, 0.25) is 0 Å². The molecule has 1 aromatic carbocycles. The molecule has 2 unspecified atom stereocenters. The molecule has 98 valence electrons. The van der Waals surface area contributed by atoms with E-state index in [1.165, 1.54) is 18.4 Å². The van der Waals surface area contributed by atoms with Crippen LogP contribution in [0.1, 0.15) is 18.4 Å². The second-order valence-electron chi connectivity index (χ2n) is 5.27. The summed E-state index contributed by atoms with van der Waals surface area (Å²) in [4.78, 5) is 0. The summed E-state index contributed by atoms with van der Waals surface area (Å²) in [7, 11) is 0. The van der Waals surface area contributed by atoms with Crippen LogP contribution in [-0.2, 0) is 11.2 Å². The van der Waals surface area contributed by atoms with E-state index < -0.39 is 0 Å². The topological polar surface area (TPSA) is 30.5 Å². The molecular weight excluding hydrogens is 226 g/mol. The maximum Gasteiger partial charge on any atom is 0.123 e. The second kappa shape index (κ2) is 5.72. The van der Waals surface area contributed by atoms with Gasteiger partial charge in [0.15, 0.2) is 0 Å². The monoisotopic (exact) mass is 247 g/mol. The number of hydrogen-bond donors (Lipinski definition) is 1. The van der Waals surface area contributed by atoms with Gasteiger partial charge in [-0.25, -0.2) is 0 Å². The van der Waals surface area contributed by atoms with E-state index in [9.17, 15) is 0 Å². The molecule has 0 bridgehead atoms. The molecule has 2 aliphatic rings.